The summed E-state index contributed by atoms with van der Waals surface area (Å²) in [6.07, 6.45) is 3.16. The van der Waals surface area contributed by atoms with E-state index in [2.05, 4.69) is 29.2 Å². The molecule has 3 rings (SSSR count). The van der Waals surface area contributed by atoms with Crippen LogP contribution in [0.4, 0.5) is 4.39 Å². The quantitative estimate of drug-likeness (QED) is 0.661. The van der Waals surface area contributed by atoms with Crippen LogP contribution in [0.5, 0.6) is 0 Å². The molecule has 126 valence electrons. The third-order valence-electron chi connectivity index (χ3n) is 4.62. The van der Waals surface area contributed by atoms with Gasteiger partial charge in [-0.25, -0.2) is 4.39 Å². The lowest BCUT2D eigenvalue weighted by atomic mass is 9.88. The number of rotatable bonds is 5. The van der Waals surface area contributed by atoms with Crippen molar-refractivity contribution in [1.29, 1.82) is 0 Å². The van der Waals surface area contributed by atoms with Crippen LogP contribution in [0.1, 0.15) is 30.4 Å². The first kappa shape index (κ1) is 17.2. The molecule has 0 N–H and O–H groups in total. The highest BCUT2D eigenvalue weighted by Gasteiger charge is 2.18. The molecule has 0 radical (unpaired) electrons. The van der Waals surface area contributed by atoms with E-state index in [1.807, 2.05) is 18.2 Å². The number of hydrogen-bond donors (Lipinski definition) is 0. The van der Waals surface area contributed by atoms with Crippen molar-refractivity contribution in [3.05, 3.63) is 77.1 Å². The van der Waals surface area contributed by atoms with Gasteiger partial charge in [0.2, 0.25) is 0 Å². The maximum Gasteiger partial charge on any atom is 0.123 e. The molecule has 0 unspecified atom stereocenters. The van der Waals surface area contributed by atoms with Gasteiger partial charge in [-0.05, 0) is 54.6 Å². The zero-order chi connectivity index (χ0) is 16.8. The number of piperidine rings is 1. The van der Waals surface area contributed by atoms with E-state index in [4.69, 9.17) is 11.6 Å². The summed E-state index contributed by atoms with van der Waals surface area (Å²) in [5, 5.41) is 0. The fourth-order valence-electron chi connectivity index (χ4n) is 3.38. The lowest BCUT2D eigenvalue weighted by Crippen LogP contribution is -2.32. The van der Waals surface area contributed by atoms with Crippen LogP contribution in [-0.4, -0.2) is 30.4 Å². The lowest BCUT2D eigenvalue weighted by molar-refractivity contribution is 0.258. The molecule has 24 heavy (non-hydrogen) atoms. The Hall–Kier alpha value is -1.64. The molecule has 0 amide bonds. The largest absolute Gasteiger partial charge is 0.303 e. The Morgan fingerprint density at radius 1 is 0.917 bits per heavy atom. The average molecular weight is 344 g/mol. The van der Waals surface area contributed by atoms with E-state index in [0.717, 1.165) is 50.3 Å². The van der Waals surface area contributed by atoms with Gasteiger partial charge in [-0.1, -0.05) is 48.0 Å². The third-order valence-corrected chi connectivity index (χ3v) is 4.88. The number of nitrogens with zero attached hydrogens (tertiary/aromatic N) is 1. The van der Waals surface area contributed by atoms with E-state index in [0.29, 0.717) is 0 Å². The molecule has 0 saturated carbocycles. The van der Waals surface area contributed by atoms with Gasteiger partial charge in [0.1, 0.15) is 5.82 Å². The molecule has 0 bridgehead atoms. The molecule has 1 aliphatic heterocycles. The Bertz CT molecular complexity index is 669. The van der Waals surface area contributed by atoms with Gasteiger partial charge < -0.3 is 4.90 Å². The Morgan fingerprint density at radius 3 is 2.17 bits per heavy atom. The van der Waals surface area contributed by atoms with E-state index in [9.17, 15) is 4.39 Å². The second kappa shape index (κ2) is 8.46. The predicted molar refractivity (Wildman–Crippen MR) is 99.9 cm³/mol. The number of benzene rings is 2. The Morgan fingerprint density at radius 2 is 1.54 bits per heavy atom. The normalized spacial score (nSPS) is 15.5. The molecule has 1 fully saturated rings. The fourth-order valence-corrected chi connectivity index (χ4v) is 3.50. The van der Waals surface area contributed by atoms with Crippen LogP contribution in [0.25, 0.3) is 5.57 Å². The Balaban J connectivity index is 1.89. The summed E-state index contributed by atoms with van der Waals surface area (Å²) < 4.78 is 13.3. The number of alkyl halides is 1. The first-order valence-corrected chi connectivity index (χ1v) is 9.13. The van der Waals surface area contributed by atoms with E-state index in [1.54, 1.807) is 12.1 Å². The highest BCUT2D eigenvalue weighted by molar-refractivity contribution is 6.17. The van der Waals surface area contributed by atoms with Gasteiger partial charge in [0.05, 0.1) is 0 Å². The van der Waals surface area contributed by atoms with Gasteiger partial charge in [-0.2, -0.15) is 0 Å². The van der Waals surface area contributed by atoms with Crippen molar-refractivity contribution in [2.45, 2.75) is 19.3 Å². The minimum absolute atomic E-state index is 0.188. The molecule has 1 heterocycles. The highest BCUT2D eigenvalue weighted by atomic mass is 35.5. The Labute approximate surface area is 148 Å². The summed E-state index contributed by atoms with van der Waals surface area (Å²) in [4.78, 5) is 2.49. The molecule has 2 aromatic carbocycles. The van der Waals surface area contributed by atoms with Crippen LogP contribution in [-0.2, 0) is 0 Å². The number of likely N-dealkylation sites (tertiary alicyclic amines) is 1. The van der Waals surface area contributed by atoms with Gasteiger partial charge in [0.25, 0.3) is 0 Å². The smallest absolute Gasteiger partial charge is 0.123 e. The van der Waals surface area contributed by atoms with E-state index >= 15 is 0 Å². The van der Waals surface area contributed by atoms with Crippen LogP contribution < -0.4 is 0 Å². The van der Waals surface area contributed by atoms with Crippen molar-refractivity contribution >= 4 is 17.2 Å². The van der Waals surface area contributed by atoms with Crippen molar-refractivity contribution < 1.29 is 4.39 Å². The van der Waals surface area contributed by atoms with Crippen molar-refractivity contribution in [3.8, 4) is 0 Å². The van der Waals surface area contributed by atoms with Gasteiger partial charge in [0, 0.05) is 19.0 Å². The first-order valence-electron chi connectivity index (χ1n) is 8.59. The molecule has 0 aliphatic carbocycles. The van der Waals surface area contributed by atoms with E-state index in [-0.39, 0.29) is 5.82 Å². The van der Waals surface area contributed by atoms with Crippen molar-refractivity contribution in [3.63, 3.8) is 0 Å². The highest BCUT2D eigenvalue weighted by Crippen LogP contribution is 2.32. The van der Waals surface area contributed by atoms with Crippen molar-refractivity contribution in [2.75, 3.05) is 25.5 Å². The molecule has 0 atom stereocenters. The third kappa shape index (κ3) is 4.25. The first-order chi connectivity index (χ1) is 11.8. The van der Waals surface area contributed by atoms with E-state index < -0.39 is 0 Å². The van der Waals surface area contributed by atoms with Gasteiger partial charge in [-0.15, -0.1) is 11.6 Å². The molecule has 1 nitrogen and oxygen atoms in total. The maximum absolute atomic E-state index is 13.3. The van der Waals surface area contributed by atoms with Gasteiger partial charge in [0.15, 0.2) is 0 Å². The summed E-state index contributed by atoms with van der Waals surface area (Å²) in [5.41, 5.74) is 5.06. The van der Waals surface area contributed by atoms with Crippen LogP contribution >= 0.6 is 11.6 Å². The summed E-state index contributed by atoms with van der Waals surface area (Å²) >= 11 is 5.81. The Kier molecular flexibility index (Phi) is 6.06. The van der Waals surface area contributed by atoms with Crippen molar-refractivity contribution in [1.82, 2.24) is 4.90 Å². The maximum atomic E-state index is 13.3. The molecule has 2 aromatic rings. The van der Waals surface area contributed by atoms with Crippen LogP contribution in [0.2, 0.25) is 0 Å². The molecular formula is C21H23ClFN. The number of hydrogen-bond acceptors (Lipinski definition) is 1. The minimum Gasteiger partial charge on any atom is -0.303 e. The SMILES string of the molecule is Fc1ccc(C(=C2CCN(CCCCl)CC2)c2ccccc2)cc1. The molecule has 1 aliphatic rings. The van der Waals surface area contributed by atoms with Crippen molar-refractivity contribution in [2.24, 2.45) is 0 Å². The van der Waals surface area contributed by atoms with E-state index in [1.165, 1.54) is 16.7 Å². The second-order valence-corrected chi connectivity index (χ2v) is 6.61. The summed E-state index contributed by atoms with van der Waals surface area (Å²) in [6.45, 7) is 3.22. The molecule has 1 saturated heterocycles. The molecular weight excluding hydrogens is 321 g/mol. The van der Waals surface area contributed by atoms with Gasteiger partial charge >= 0.3 is 0 Å². The zero-order valence-corrected chi connectivity index (χ0v) is 14.6. The zero-order valence-electron chi connectivity index (χ0n) is 13.8. The standard InChI is InChI=1S/C21H23ClFN/c22-13-4-14-24-15-11-19(12-16-24)21(17-5-2-1-3-6-17)18-7-9-20(23)10-8-18/h1-3,5-10H,4,11-16H2. The number of halogens is 2. The molecule has 0 spiro atoms. The average Bonchev–Trinajstić information content (AvgIpc) is 2.64. The topological polar surface area (TPSA) is 3.24 Å². The predicted octanol–water partition coefficient (Wildman–Crippen LogP) is 5.35. The monoisotopic (exact) mass is 343 g/mol. The van der Waals surface area contributed by atoms with Crippen LogP contribution in [0.3, 0.4) is 0 Å². The summed E-state index contributed by atoms with van der Waals surface area (Å²) in [5.74, 6) is 0.538. The lowest BCUT2D eigenvalue weighted by Gasteiger charge is -2.30. The molecule has 0 aromatic heterocycles. The fraction of sp³-hybridized carbons (Fsp3) is 0.333. The summed E-state index contributed by atoms with van der Waals surface area (Å²) in [7, 11) is 0. The molecule has 3 heteroatoms. The van der Waals surface area contributed by atoms with Crippen LogP contribution in [0.15, 0.2) is 60.2 Å². The van der Waals surface area contributed by atoms with Crippen LogP contribution in [0, 0.1) is 5.82 Å². The van der Waals surface area contributed by atoms with Gasteiger partial charge in [-0.3, -0.25) is 0 Å². The second-order valence-electron chi connectivity index (χ2n) is 6.24. The minimum atomic E-state index is -0.188. The summed E-state index contributed by atoms with van der Waals surface area (Å²) in [6, 6.07) is 17.3.